The first-order valence-electron chi connectivity index (χ1n) is 7.39. The van der Waals surface area contributed by atoms with E-state index in [0.717, 1.165) is 18.2 Å². The molecule has 5 heteroatoms. The minimum atomic E-state index is 0.375. The molecule has 0 aliphatic rings. The predicted octanol–water partition coefficient (Wildman–Crippen LogP) is 4.29. The fourth-order valence-corrected chi connectivity index (χ4v) is 2.15. The molecule has 0 radical (unpaired) electrons. The summed E-state index contributed by atoms with van der Waals surface area (Å²) in [6, 6.07) is 2.13. The fraction of sp³-hybridized carbons (Fsp3) is 0.733. The van der Waals surface area contributed by atoms with Crippen LogP contribution in [0.3, 0.4) is 0 Å². The largest absolute Gasteiger partial charge is 0.374 e. The van der Waals surface area contributed by atoms with Gasteiger partial charge in [-0.05, 0) is 26.2 Å². The monoisotopic (exact) mass is 299 g/mol. The Morgan fingerprint density at radius 3 is 2.65 bits per heavy atom. The molecule has 0 fully saturated rings. The molecule has 0 amide bonds. The smallest absolute Gasteiger partial charge is 0.158 e. The second-order valence-corrected chi connectivity index (χ2v) is 5.89. The van der Waals surface area contributed by atoms with Crippen molar-refractivity contribution in [2.75, 3.05) is 11.9 Å². The van der Waals surface area contributed by atoms with Gasteiger partial charge in [0.15, 0.2) is 5.82 Å². The number of anilines is 1. The zero-order valence-electron chi connectivity index (χ0n) is 12.9. The topological polar surface area (TPSA) is 47.0 Å². The van der Waals surface area contributed by atoms with Gasteiger partial charge in [0.25, 0.3) is 0 Å². The van der Waals surface area contributed by atoms with Crippen molar-refractivity contribution in [2.45, 2.75) is 59.6 Å². The number of halogens is 1. The standard InChI is InChI=1S/C15H26ClN3O/c1-5-20-10-15-18-13(16)9-14(19-15)17-12(4)8-6-7-11(2)3/h9,11-12H,5-8,10H2,1-4H3,(H,17,18,19). The first-order chi connectivity index (χ1) is 9.51. The summed E-state index contributed by atoms with van der Waals surface area (Å²) in [5.41, 5.74) is 0. The number of hydrogen-bond donors (Lipinski definition) is 1. The third-order valence-corrected chi connectivity index (χ3v) is 3.18. The molecule has 0 saturated heterocycles. The van der Waals surface area contributed by atoms with E-state index < -0.39 is 0 Å². The van der Waals surface area contributed by atoms with Gasteiger partial charge in [0.2, 0.25) is 0 Å². The Bertz CT molecular complexity index is 399. The van der Waals surface area contributed by atoms with E-state index in [1.165, 1.54) is 12.8 Å². The zero-order chi connectivity index (χ0) is 15.0. The highest BCUT2D eigenvalue weighted by molar-refractivity contribution is 6.29. The lowest BCUT2D eigenvalue weighted by Crippen LogP contribution is -2.17. The number of ether oxygens (including phenoxy) is 1. The molecule has 114 valence electrons. The number of nitrogens with zero attached hydrogens (tertiary/aromatic N) is 2. The minimum absolute atomic E-state index is 0.375. The van der Waals surface area contributed by atoms with Gasteiger partial charge in [-0.25, -0.2) is 9.97 Å². The Balaban J connectivity index is 2.51. The molecular weight excluding hydrogens is 274 g/mol. The summed E-state index contributed by atoms with van der Waals surface area (Å²) in [5, 5.41) is 3.83. The Labute approximate surface area is 127 Å². The van der Waals surface area contributed by atoms with Gasteiger partial charge in [0.1, 0.15) is 17.6 Å². The van der Waals surface area contributed by atoms with Crippen molar-refractivity contribution in [2.24, 2.45) is 5.92 Å². The summed E-state index contributed by atoms with van der Waals surface area (Å²) in [5.74, 6) is 2.15. The van der Waals surface area contributed by atoms with Crippen LogP contribution in [-0.4, -0.2) is 22.6 Å². The van der Waals surface area contributed by atoms with Crippen LogP contribution in [0.5, 0.6) is 0 Å². The van der Waals surface area contributed by atoms with E-state index in [1.54, 1.807) is 6.07 Å². The summed E-state index contributed by atoms with van der Waals surface area (Å²) in [4.78, 5) is 8.58. The average Bonchev–Trinajstić information content (AvgIpc) is 2.35. The van der Waals surface area contributed by atoms with Gasteiger partial charge in [-0.15, -0.1) is 0 Å². The molecule has 20 heavy (non-hydrogen) atoms. The highest BCUT2D eigenvalue weighted by Crippen LogP contribution is 2.15. The maximum Gasteiger partial charge on any atom is 0.158 e. The average molecular weight is 300 g/mol. The highest BCUT2D eigenvalue weighted by atomic mass is 35.5. The Morgan fingerprint density at radius 2 is 2.00 bits per heavy atom. The van der Waals surface area contributed by atoms with Crippen LogP contribution in [0.25, 0.3) is 0 Å². The van der Waals surface area contributed by atoms with Crippen LogP contribution in [-0.2, 0) is 11.3 Å². The van der Waals surface area contributed by atoms with Crippen molar-refractivity contribution in [3.63, 3.8) is 0 Å². The first kappa shape index (κ1) is 17.2. The molecule has 4 nitrogen and oxygen atoms in total. The SMILES string of the molecule is CCOCc1nc(Cl)cc(NC(C)CCCC(C)C)n1. The van der Waals surface area contributed by atoms with Crippen molar-refractivity contribution < 1.29 is 4.74 Å². The van der Waals surface area contributed by atoms with E-state index in [4.69, 9.17) is 16.3 Å². The van der Waals surface area contributed by atoms with Crippen LogP contribution in [0.15, 0.2) is 6.07 Å². The maximum atomic E-state index is 6.01. The Hall–Kier alpha value is -0.870. The van der Waals surface area contributed by atoms with Gasteiger partial charge in [0, 0.05) is 18.7 Å². The number of hydrogen-bond acceptors (Lipinski definition) is 4. The molecule has 1 N–H and O–H groups in total. The van der Waals surface area contributed by atoms with Crippen LogP contribution in [0.2, 0.25) is 5.15 Å². The predicted molar refractivity (Wildman–Crippen MR) is 84.1 cm³/mol. The van der Waals surface area contributed by atoms with Crippen LogP contribution in [0, 0.1) is 5.92 Å². The number of nitrogens with one attached hydrogen (secondary N) is 1. The Morgan fingerprint density at radius 1 is 1.25 bits per heavy atom. The van der Waals surface area contributed by atoms with E-state index in [0.29, 0.717) is 30.2 Å². The van der Waals surface area contributed by atoms with Gasteiger partial charge < -0.3 is 10.1 Å². The number of aromatic nitrogens is 2. The maximum absolute atomic E-state index is 6.01. The molecule has 0 aliphatic carbocycles. The molecule has 1 rings (SSSR count). The molecule has 1 heterocycles. The van der Waals surface area contributed by atoms with E-state index in [9.17, 15) is 0 Å². The molecule has 0 aromatic carbocycles. The molecule has 0 saturated carbocycles. The van der Waals surface area contributed by atoms with E-state index in [-0.39, 0.29) is 0 Å². The number of rotatable bonds is 9. The van der Waals surface area contributed by atoms with Crippen LogP contribution in [0.4, 0.5) is 5.82 Å². The van der Waals surface area contributed by atoms with Gasteiger partial charge in [-0.3, -0.25) is 0 Å². The second kappa shape index (κ2) is 9.14. The van der Waals surface area contributed by atoms with Crippen molar-refractivity contribution in [1.29, 1.82) is 0 Å². The van der Waals surface area contributed by atoms with Crippen molar-refractivity contribution in [3.8, 4) is 0 Å². The fourth-order valence-electron chi connectivity index (χ4n) is 1.95. The molecule has 1 aromatic heterocycles. The second-order valence-electron chi connectivity index (χ2n) is 5.50. The summed E-state index contributed by atoms with van der Waals surface area (Å²) < 4.78 is 5.31. The lowest BCUT2D eigenvalue weighted by molar-refractivity contribution is 0.128. The summed E-state index contributed by atoms with van der Waals surface area (Å²) in [6.45, 7) is 9.65. The van der Waals surface area contributed by atoms with Crippen LogP contribution in [0.1, 0.15) is 52.8 Å². The molecular formula is C15H26ClN3O. The van der Waals surface area contributed by atoms with Gasteiger partial charge in [-0.1, -0.05) is 38.3 Å². The zero-order valence-corrected chi connectivity index (χ0v) is 13.7. The molecule has 0 spiro atoms. The van der Waals surface area contributed by atoms with Crippen LogP contribution < -0.4 is 5.32 Å². The van der Waals surface area contributed by atoms with E-state index >= 15 is 0 Å². The highest BCUT2D eigenvalue weighted by Gasteiger charge is 2.07. The third kappa shape index (κ3) is 7.06. The van der Waals surface area contributed by atoms with E-state index in [2.05, 4.69) is 36.1 Å². The molecule has 0 bridgehead atoms. The lowest BCUT2D eigenvalue weighted by Gasteiger charge is -2.15. The summed E-state index contributed by atoms with van der Waals surface area (Å²) in [7, 11) is 0. The first-order valence-corrected chi connectivity index (χ1v) is 7.76. The van der Waals surface area contributed by atoms with Crippen molar-refractivity contribution >= 4 is 17.4 Å². The Kier molecular flexibility index (Phi) is 7.85. The molecule has 0 aliphatic heterocycles. The summed E-state index contributed by atoms with van der Waals surface area (Å²) in [6.07, 6.45) is 3.60. The molecule has 1 atom stereocenters. The van der Waals surface area contributed by atoms with Gasteiger partial charge in [-0.2, -0.15) is 0 Å². The van der Waals surface area contributed by atoms with Crippen molar-refractivity contribution in [1.82, 2.24) is 9.97 Å². The third-order valence-electron chi connectivity index (χ3n) is 2.99. The van der Waals surface area contributed by atoms with Crippen LogP contribution >= 0.6 is 11.6 Å². The minimum Gasteiger partial charge on any atom is -0.374 e. The molecule has 1 aromatic rings. The van der Waals surface area contributed by atoms with Gasteiger partial charge >= 0.3 is 0 Å². The molecule has 1 unspecified atom stereocenters. The quantitative estimate of drug-likeness (QED) is 0.691. The van der Waals surface area contributed by atoms with Gasteiger partial charge in [0.05, 0.1) is 0 Å². The van der Waals surface area contributed by atoms with Crippen molar-refractivity contribution in [3.05, 3.63) is 17.0 Å². The lowest BCUT2D eigenvalue weighted by atomic mass is 10.0. The van der Waals surface area contributed by atoms with E-state index in [1.807, 2.05) is 6.92 Å². The normalized spacial score (nSPS) is 12.7. The summed E-state index contributed by atoms with van der Waals surface area (Å²) >= 11 is 6.01.